The predicted molar refractivity (Wildman–Crippen MR) is 49.3 cm³/mol. The van der Waals surface area contributed by atoms with Crippen LogP contribution in [-0.4, -0.2) is 12.1 Å². The van der Waals surface area contributed by atoms with Crippen LogP contribution in [0.25, 0.3) is 0 Å². The van der Waals surface area contributed by atoms with Crippen LogP contribution in [0.5, 0.6) is 0 Å². The van der Waals surface area contributed by atoms with Crippen LogP contribution >= 0.6 is 0 Å². The minimum Gasteiger partial charge on any atom is -0.302 e. The SMILES string of the molecule is O=C[C@@]12CCCCC1=CC(=O)CC2. The highest BCUT2D eigenvalue weighted by Crippen LogP contribution is 2.45. The van der Waals surface area contributed by atoms with Crippen molar-refractivity contribution in [1.29, 1.82) is 0 Å². The second-order valence-corrected chi connectivity index (χ2v) is 4.12. The second kappa shape index (κ2) is 3.09. The number of aldehydes is 1. The van der Waals surface area contributed by atoms with E-state index in [2.05, 4.69) is 0 Å². The van der Waals surface area contributed by atoms with E-state index >= 15 is 0 Å². The van der Waals surface area contributed by atoms with Crippen molar-refractivity contribution >= 4 is 12.1 Å². The Morgan fingerprint density at radius 3 is 2.85 bits per heavy atom. The van der Waals surface area contributed by atoms with Crippen molar-refractivity contribution in [2.24, 2.45) is 5.41 Å². The molecule has 2 aliphatic carbocycles. The average Bonchev–Trinajstić information content (AvgIpc) is 2.18. The van der Waals surface area contributed by atoms with Gasteiger partial charge in [0.2, 0.25) is 0 Å². The molecule has 0 bridgehead atoms. The third-order valence-corrected chi connectivity index (χ3v) is 3.34. The van der Waals surface area contributed by atoms with Crippen LogP contribution in [0, 0.1) is 5.41 Å². The largest absolute Gasteiger partial charge is 0.302 e. The summed E-state index contributed by atoms with van der Waals surface area (Å²) < 4.78 is 0. The second-order valence-electron chi connectivity index (χ2n) is 4.12. The van der Waals surface area contributed by atoms with Crippen molar-refractivity contribution in [2.45, 2.75) is 38.5 Å². The van der Waals surface area contributed by atoms with E-state index in [1.165, 1.54) is 0 Å². The monoisotopic (exact) mass is 178 g/mol. The number of hydrogen-bond acceptors (Lipinski definition) is 2. The van der Waals surface area contributed by atoms with Crippen LogP contribution in [0.4, 0.5) is 0 Å². The third kappa shape index (κ3) is 1.34. The van der Waals surface area contributed by atoms with Gasteiger partial charge in [-0.25, -0.2) is 0 Å². The summed E-state index contributed by atoms with van der Waals surface area (Å²) in [5.74, 6) is 0.203. The molecule has 0 amide bonds. The van der Waals surface area contributed by atoms with Crippen LogP contribution in [0.15, 0.2) is 11.6 Å². The number of carbonyl (C=O) groups is 2. The molecule has 1 atom stereocenters. The van der Waals surface area contributed by atoms with E-state index in [9.17, 15) is 9.59 Å². The summed E-state index contributed by atoms with van der Waals surface area (Å²) in [6.45, 7) is 0. The first-order chi connectivity index (χ1) is 6.27. The molecule has 0 saturated heterocycles. The minimum atomic E-state index is -0.244. The van der Waals surface area contributed by atoms with Crippen LogP contribution in [0.2, 0.25) is 0 Å². The molecular formula is C11H14O2. The van der Waals surface area contributed by atoms with Crippen molar-refractivity contribution < 1.29 is 9.59 Å². The van der Waals surface area contributed by atoms with Crippen molar-refractivity contribution in [3.63, 3.8) is 0 Å². The summed E-state index contributed by atoms with van der Waals surface area (Å²) >= 11 is 0. The standard InChI is InChI=1S/C11H14O2/c12-8-11-5-2-1-3-9(11)7-10(13)4-6-11/h7-8H,1-6H2/t11-/m0/s1. The molecule has 2 rings (SSSR count). The molecule has 0 spiro atoms. The fourth-order valence-electron chi connectivity index (χ4n) is 2.47. The molecule has 1 fully saturated rings. The van der Waals surface area contributed by atoms with Crippen LogP contribution in [-0.2, 0) is 9.59 Å². The smallest absolute Gasteiger partial charge is 0.155 e. The Morgan fingerprint density at radius 1 is 1.23 bits per heavy atom. The van der Waals surface area contributed by atoms with Crippen molar-refractivity contribution in [2.75, 3.05) is 0 Å². The van der Waals surface area contributed by atoms with E-state index < -0.39 is 0 Å². The minimum absolute atomic E-state index is 0.203. The molecule has 0 aromatic heterocycles. The Hall–Kier alpha value is -0.920. The maximum atomic E-state index is 11.2. The van der Waals surface area contributed by atoms with Gasteiger partial charge in [0, 0.05) is 11.8 Å². The fraction of sp³-hybridized carbons (Fsp3) is 0.636. The molecule has 2 aliphatic rings. The van der Waals surface area contributed by atoms with Crippen molar-refractivity contribution in [3.05, 3.63) is 11.6 Å². The van der Waals surface area contributed by atoms with E-state index in [-0.39, 0.29) is 11.2 Å². The molecule has 0 aromatic rings. The third-order valence-electron chi connectivity index (χ3n) is 3.34. The zero-order valence-corrected chi connectivity index (χ0v) is 7.71. The first kappa shape index (κ1) is 8.67. The van der Waals surface area contributed by atoms with Gasteiger partial charge in [-0.15, -0.1) is 0 Å². The molecule has 2 nitrogen and oxygen atoms in total. The maximum Gasteiger partial charge on any atom is 0.155 e. The molecule has 0 N–H and O–H groups in total. The number of rotatable bonds is 1. The molecule has 2 heteroatoms. The van der Waals surface area contributed by atoms with Gasteiger partial charge >= 0.3 is 0 Å². The fourth-order valence-corrected chi connectivity index (χ4v) is 2.47. The number of fused-ring (bicyclic) bond motifs is 1. The quantitative estimate of drug-likeness (QED) is 0.576. The van der Waals surface area contributed by atoms with E-state index in [0.717, 1.165) is 44.0 Å². The summed E-state index contributed by atoms with van der Waals surface area (Å²) in [5, 5.41) is 0. The van der Waals surface area contributed by atoms with Gasteiger partial charge in [0.25, 0.3) is 0 Å². The topological polar surface area (TPSA) is 34.1 Å². The highest BCUT2D eigenvalue weighted by atomic mass is 16.1. The lowest BCUT2D eigenvalue weighted by Crippen LogP contribution is -2.32. The van der Waals surface area contributed by atoms with Crippen LogP contribution < -0.4 is 0 Å². The van der Waals surface area contributed by atoms with Gasteiger partial charge < -0.3 is 4.79 Å². The Labute approximate surface area is 78.0 Å². The first-order valence-corrected chi connectivity index (χ1v) is 4.97. The van der Waals surface area contributed by atoms with Gasteiger partial charge in [-0.1, -0.05) is 12.0 Å². The highest BCUT2D eigenvalue weighted by molar-refractivity contribution is 5.93. The van der Waals surface area contributed by atoms with E-state index in [1.54, 1.807) is 6.08 Å². The van der Waals surface area contributed by atoms with Crippen LogP contribution in [0.3, 0.4) is 0 Å². The number of carbonyl (C=O) groups excluding carboxylic acids is 2. The summed E-state index contributed by atoms with van der Waals surface area (Å²) in [5.41, 5.74) is 0.858. The van der Waals surface area contributed by atoms with Gasteiger partial charge in [-0.05, 0) is 31.8 Å². The van der Waals surface area contributed by atoms with Crippen molar-refractivity contribution in [1.82, 2.24) is 0 Å². The van der Waals surface area contributed by atoms with E-state index in [1.807, 2.05) is 0 Å². The van der Waals surface area contributed by atoms with Gasteiger partial charge in [0.15, 0.2) is 5.78 Å². The van der Waals surface area contributed by atoms with Gasteiger partial charge in [-0.2, -0.15) is 0 Å². The van der Waals surface area contributed by atoms with E-state index in [0.29, 0.717) is 6.42 Å². The Balaban J connectivity index is 2.35. The van der Waals surface area contributed by atoms with Gasteiger partial charge in [-0.3, -0.25) is 4.79 Å². The normalized spacial score (nSPS) is 33.5. The van der Waals surface area contributed by atoms with Gasteiger partial charge in [0.05, 0.1) is 0 Å². The summed E-state index contributed by atoms with van der Waals surface area (Å²) in [6, 6.07) is 0. The van der Waals surface area contributed by atoms with Gasteiger partial charge in [0.1, 0.15) is 6.29 Å². The number of hydrogen-bond donors (Lipinski definition) is 0. The molecule has 0 aliphatic heterocycles. The Morgan fingerprint density at radius 2 is 2.08 bits per heavy atom. The van der Waals surface area contributed by atoms with Crippen molar-refractivity contribution in [3.8, 4) is 0 Å². The molecule has 70 valence electrons. The molecule has 0 radical (unpaired) electrons. The highest BCUT2D eigenvalue weighted by Gasteiger charge is 2.38. The lowest BCUT2D eigenvalue weighted by Gasteiger charge is -2.37. The average molecular weight is 178 g/mol. The maximum absolute atomic E-state index is 11.2. The lowest BCUT2D eigenvalue weighted by molar-refractivity contribution is -0.119. The summed E-state index contributed by atoms with van der Waals surface area (Å²) in [7, 11) is 0. The zero-order valence-electron chi connectivity index (χ0n) is 7.71. The van der Waals surface area contributed by atoms with E-state index in [4.69, 9.17) is 0 Å². The lowest BCUT2D eigenvalue weighted by atomic mass is 9.65. The molecule has 0 heterocycles. The number of allylic oxidation sites excluding steroid dienone is 2. The number of ketones is 1. The summed E-state index contributed by atoms with van der Waals surface area (Å²) in [6.07, 6.45) is 8.27. The molecule has 0 unspecified atom stereocenters. The zero-order chi connectivity index (χ0) is 9.31. The molecular weight excluding hydrogens is 164 g/mol. The molecule has 1 saturated carbocycles. The molecule has 0 aromatic carbocycles. The predicted octanol–water partition coefficient (Wildman–Crippen LogP) is 2.04. The molecule has 13 heavy (non-hydrogen) atoms. The Kier molecular flexibility index (Phi) is 2.06. The van der Waals surface area contributed by atoms with Crippen LogP contribution in [0.1, 0.15) is 38.5 Å². The first-order valence-electron chi connectivity index (χ1n) is 4.97. The Bertz CT molecular complexity index is 278. The summed E-state index contributed by atoms with van der Waals surface area (Å²) in [4.78, 5) is 22.3.